The molecule has 0 radical (unpaired) electrons. The molecule has 144 valence electrons. The monoisotopic (exact) mass is 383 g/mol. The zero-order valence-electron chi connectivity index (χ0n) is 15.4. The second kappa shape index (κ2) is 8.47. The Labute approximate surface area is 161 Å². The van der Waals surface area contributed by atoms with Crippen LogP contribution in [0.5, 0.6) is 5.75 Å². The third kappa shape index (κ3) is 5.03. The molecule has 2 N–H and O–H groups in total. The summed E-state index contributed by atoms with van der Waals surface area (Å²) in [5, 5.41) is 5.67. The Morgan fingerprint density at radius 3 is 2.32 bits per heavy atom. The van der Waals surface area contributed by atoms with Crippen molar-refractivity contribution < 1.29 is 18.3 Å². The van der Waals surface area contributed by atoms with Crippen LogP contribution in [0.25, 0.3) is 0 Å². The van der Waals surface area contributed by atoms with Crippen LogP contribution in [0.1, 0.15) is 24.3 Å². The summed E-state index contributed by atoms with van der Waals surface area (Å²) in [4.78, 5) is 16.4. The van der Waals surface area contributed by atoms with Gasteiger partial charge in [0, 0.05) is 29.3 Å². The summed E-state index contributed by atoms with van der Waals surface area (Å²) in [6.45, 7) is 3.91. The van der Waals surface area contributed by atoms with Gasteiger partial charge in [-0.1, -0.05) is 0 Å². The highest BCUT2D eigenvalue weighted by molar-refractivity contribution is 6.03. The average molecular weight is 383 g/mol. The molecule has 3 rings (SSSR count). The highest BCUT2D eigenvalue weighted by Gasteiger charge is 2.10. The van der Waals surface area contributed by atoms with Crippen LogP contribution >= 0.6 is 0 Å². The molecule has 2 aromatic carbocycles. The third-order valence-corrected chi connectivity index (χ3v) is 3.68. The molecule has 5 nitrogen and oxygen atoms in total. The first kappa shape index (κ1) is 19.3. The summed E-state index contributed by atoms with van der Waals surface area (Å²) in [6.07, 6.45) is 1.58. The second-order valence-corrected chi connectivity index (χ2v) is 6.33. The largest absolute Gasteiger partial charge is 0.491 e. The standard InChI is InChI=1S/C21H19F2N3O2/c1-13(2)28-17-6-3-14(4-7-17)25-16-9-10-24-20(12-16)21(27)26-15-5-8-18(22)19(23)11-15/h3-13H,1-2H3,(H,24,25)(H,26,27). The fourth-order valence-electron chi connectivity index (χ4n) is 2.46. The van der Waals surface area contributed by atoms with Gasteiger partial charge in [-0.25, -0.2) is 8.78 Å². The molecule has 0 saturated heterocycles. The van der Waals surface area contributed by atoms with Gasteiger partial charge in [0.05, 0.1) is 6.10 Å². The van der Waals surface area contributed by atoms with Crippen LogP contribution in [0, 0.1) is 11.6 Å². The number of carbonyl (C=O) groups is 1. The van der Waals surface area contributed by atoms with E-state index in [0.29, 0.717) is 5.69 Å². The Kier molecular flexibility index (Phi) is 5.84. The average Bonchev–Trinajstić information content (AvgIpc) is 2.66. The van der Waals surface area contributed by atoms with Crippen molar-refractivity contribution in [1.82, 2.24) is 4.98 Å². The Hall–Kier alpha value is -3.48. The van der Waals surface area contributed by atoms with Crippen molar-refractivity contribution in [3.63, 3.8) is 0 Å². The molecule has 0 saturated carbocycles. The minimum atomic E-state index is -1.04. The van der Waals surface area contributed by atoms with Crippen molar-refractivity contribution in [3.8, 4) is 5.75 Å². The number of nitrogens with zero attached hydrogens (tertiary/aromatic N) is 1. The zero-order valence-corrected chi connectivity index (χ0v) is 15.4. The Morgan fingerprint density at radius 2 is 1.64 bits per heavy atom. The number of hydrogen-bond donors (Lipinski definition) is 2. The number of nitrogens with one attached hydrogen (secondary N) is 2. The molecule has 1 aromatic heterocycles. The Morgan fingerprint density at radius 1 is 0.929 bits per heavy atom. The maximum atomic E-state index is 13.3. The molecule has 0 bridgehead atoms. The Bertz CT molecular complexity index is 976. The lowest BCUT2D eigenvalue weighted by molar-refractivity contribution is 0.102. The number of ether oxygens (including phenoxy) is 1. The highest BCUT2D eigenvalue weighted by atomic mass is 19.2. The van der Waals surface area contributed by atoms with Crippen LogP contribution in [0.3, 0.4) is 0 Å². The number of pyridine rings is 1. The number of aromatic nitrogens is 1. The fourth-order valence-corrected chi connectivity index (χ4v) is 2.46. The zero-order chi connectivity index (χ0) is 20.1. The van der Waals surface area contributed by atoms with Gasteiger partial charge in [0.2, 0.25) is 0 Å². The van der Waals surface area contributed by atoms with E-state index in [2.05, 4.69) is 15.6 Å². The van der Waals surface area contributed by atoms with Crippen molar-refractivity contribution in [3.05, 3.63) is 78.1 Å². The summed E-state index contributed by atoms with van der Waals surface area (Å²) < 4.78 is 31.9. The summed E-state index contributed by atoms with van der Waals surface area (Å²) >= 11 is 0. The molecule has 28 heavy (non-hydrogen) atoms. The minimum Gasteiger partial charge on any atom is -0.491 e. The maximum Gasteiger partial charge on any atom is 0.274 e. The number of anilines is 3. The van der Waals surface area contributed by atoms with E-state index >= 15 is 0 Å². The predicted molar refractivity (Wildman–Crippen MR) is 104 cm³/mol. The van der Waals surface area contributed by atoms with Crippen molar-refractivity contribution in [2.45, 2.75) is 20.0 Å². The molecule has 0 unspecified atom stereocenters. The van der Waals surface area contributed by atoms with E-state index in [-0.39, 0.29) is 17.5 Å². The van der Waals surface area contributed by atoms with Gasteiger partial charge in [-0.3, -0.25) is 9.78 Å². The third-order valence-electron chi connectivity index (χ3n) is 3.68. The molecule has 1 amide bonds. The minimum absolute atomic E-state index is 0.0923. The van der Waals surface area contributed by atoms with Crippen molar-refractivity contribution >= 4 is 23.0 Å². The second-order valence-electron chi connectivity index (χ2n) is 6.33. The van der Waals surface area contributed by atoms with E-state index in [9.17, 15) is 13.6 Å². The molecule has 3 aromatic rings. The maximum absolute atomic E-state index is 13.3. The molecule has 1 heterocycles. The van der Waals surface area contributed by atoms with E-state index in [0.717, 1.165) is 23.6 Å². The molecular weight excluding hydrogens is 364 g/mol. The van der Waals surface area contributed by atoms with E-state index in [1.807, 2.05) is 38.1 Å². The lowest BCUT2D eigenvalue weighted by Gasteiger charge is -2.11. The van der Waals surface area contributed by atoms with Gasteiger partial charge >= 0.3 is 0 Å². The lowest BCUT2D eigenvalue weighted by Crippen LogP contribution is -2.14. The molecular formula is C21H19F2N3O2. The molecule has 0 aliphatic carbocycles. The fraction of sp³-hybridized carbons (Fsp3) is 0.143. The molecule has 0 aliphatic heterocycles. The van der Waals surface area contributed by atoms with Gasteiger partial charge in [0.1, 0.15) is 11.4 Å². The number of rotatable bonds is 6. The highest BCUT2D eigenvalue weighted by Crippen LogP contribution is 2.21. The van der Waals surface area contributed by atoms with Gasteiger partial charge in [0.25, 0.3) is 5.91 Å². The van der Waals surface area contributed by atoms with Crippen LogP contribution in [-0.4, -0.2) is 17.0 Å². The first-order chi connectivity index (χ1) is 13.4. The summed E-state index contributed by atoms with van der Waals surface area (Å²) in [5.74, 6) is -1.78. The predicted octanol–water partition coefficient (Wildman–Crippen LogP) is 5.14. The number of hydrogen-bond acceptors (Lipinski definition) is 4. The quantitative estimate of drug-likeness (QED) is 0.618. The van der Waals surface area contributed by atoms with Gasteiger partial charge < -0.3 is 15.4 Å². The van der Waals surface area contributed by atoms with Crippen LogP contribution in [-0.2, 0) is 0 Å². The number of halogens is 2. The van der Waals surface area contributed by atoms with E-state index in [1.54, 1.807) is 12.1 Å². The van der Waals surface area contributed by atoms with Crippen molar-refractivity contribution in [2.24, 2.45) is 0 Å². The molecule has 0 aliphatic rings. The molecule has 0 fully saturated rings. The summed E-state index contributed by atoms with van der Waals surface area (Å²) in [7, 11) is 0. The van der Waals surface area contributed by atoms with Crippen LogP contribution in [0.4, 0.5) is 25.8 Å². The first-order valence-corrected chi connectivity index (χ1v) is 8.67. The summed E-state index contributed by atoms with van der Waals surface area (Å²) in [6, 6.07) is 13.8. The topological polar surface area (TPSA) is 63.2 Å². The first-order valence-electron chi connectivity index (χ1n) is 8.67. The van der Waals surface area contributed by atoms with Crippen molar-refractivity contribution in [1.29, 1.82) is 0 Å². The van der Waals surface area contributed by atoms with E-state index in [1.165, 1.54) is 12.3 Å². The number of benzene rings is 2. The molecule has 0 spiro atoms. The lowest BCUT2D eigenvalue weighted by atomic mass is 10.2. The van der Waals surface area contributed by atoms with Gasteiger partial charge in [-0.2, -0.15) is 0 Å². The van der Waals surface area contributed by atoms with E-state index in [4.69, 9.17) is 4.74 Å². The number of carbonyl (C=O) groups excluding carboxylic acids is 1. The van der Waals surface area contributed by atoms with Crippen LogP contribution < -0.4 is 15.4 Å². The molecule has 0 atom stereocenters. The van der Waals surface area contributed by atoms with Gasteiger partial charge in [-0.05, 0) is 62.4 Å². The Balaban J connectivity index is 1.69. The van der Waals surface area contributed by atoms with Gasteiger partial charge in [0.15, 0.2) is 11.6 Å². The van der Waals surface area contributed by atoms with Gasteiger partial charge in [-0.15, -0.1) is 0 Å². The normalized spacial score (nSPS) is 10.6. The van der Waals surface area contributed by atoms with Crippen LogP contribution in [0.15, 0.2) is 60.8 Å². The molecule has 7 heteroatoms. The SMILES string of the molecule is CC(C)Oc1ccc(Nc2ccnc(C(=O)Nc3ccc(F)c(F)c3)c2)cc1. The van der Waals surface area contributed by atoms with Crippen LogP contribution in [0.2, 0.25) is 0 Å². The number of amides is 1. The van der Waals surface area contributed by atoms with E-state index < -0.39 is 17.5 Å². The summed E-state index contributed by atoms with van der Waals surface area (Å²) in [5.41, 5.74) is 1.75. The van der Waals surface area contributed by atoms with Crippen molar-refractivity contribution in [2.75, 3.05) is 10.6 Å². The smallest absolute Gasteiger partial charge is 0.274 e.